The van der Waals surface area contributed by atoms with E-state index < -0.39 is 0 Å². The second-order valence-corrected chi connectivity index (χ2v) is 7.35. The van der Waals surface area contributed by atoms with E-state index >= 15 is 0 Å². The van der Waals surface area contributed by atoms with Crippen molar-refractivity contribution in [2.75, 3.05) is 25.6 Å². The molecule has 0 spiro atoms. The van der Waals surface area contributed by atoms with E-state index in [1.54, 1.807) is 37.5 Å². The van der Waals surface area contributed by atoms with Crippen LogP contribution in [-0.4, -0.2) is 38.2 Å². The first kappa shape index (κ1) is 19.8. The average molecular weight is 408 g/mol. The minimum absolute atomic E-state index is 0.119. The van der Waals surface area contributed by atoms with E-state index in [4.69, 9.17) is 14.2 Å². The van der Waals surface area contributed by atoms with E-state index in [1.807, 2.05) is 13.0 Å². The van der Waals surface area contributed by atoms with Crippen LogP contribution in [0, 0.1) is 6.92 Å². The van der Waals surface area contributed by atoms with Crippen LogP contribution in [0.15, 0.2) is 36.4 Å². The minimum Gasteiger partial charge on any atom is -0.493 e. The first-order valence-electron chi connectivity index (χ1n) is 9.91. The number of aryl methyl sites for hydroxylation is 1. The summed E-state index contributed by atoms with van der Waals surface area (Å²) in [5.74, 6) is 1.30. The van der Waals surface area contributed by atoms with Gasteiger partial charge in [0.25, 0.3) is 5.91 Å². The Morgan fingerprint density at radius 2 is 1.93 bits per heavy atom. The number of fused-ring (bicyclic) bond motifs is 1. The van der Waals surface area contributed by atoms with Crippen molar-refractivity contribution in [1.82, 2.24) is 5.32 Å². The largest absolute Gasteiger partial charge is 0.493 e. The summed E-state index contributed by atoms with van der Waals surface area (Å²) in [5.41, 5.74) is 2.76. The van der Waals surface area contributed by atoms with E-state index in [0.717, 1.165) is 24.0 Å². The molecule has 1 saturated carbocycles. The highest BCUT2D eigenvalue weighted by Crippen LogP contribution is 2.40. The zero-order valence-electron chi connectivity index (χ0n) is 17.0. The van der Waals surface area contributed by atoms with Crippen LogP contribution in [0.2, 0.25) is 0 Å². The van der Waals surface area contributed by atoms with Gasteiger partial charge in [0.15, 0.2) is 11.5 Å². The molecule has 2 N–H and O–H groups in total. The lowest BCUT2D eigenvalue weighted by molar-refractivity contribution is -0.111. The van der Waals surface area contributed by atoms with Gasteiger partial charge in [0, 0.05) is 23.4 Å². The number of anilines is 1. The molecule has 2 aromatic carbocycles. The van der Waals surface area contributed by atoms with Crippen molar-refractivity contribution < 1.29 is 23.8 Å². The minimum atomic E-state index is -0.299. The number of nitrogens with one attached hydrogen (secondary N) is 2. The molecular formula is C23H24N2O5. The van der Waals surface area contributed by atoms with Gasteiger partial charge in [-0.1, -0.05) is 6.07 Å². The molecule has 1 fully saturated rings. The molecule has 7 nitrogen and oxygen atoms in total. The normalized spacial score (nSPS) is 15.0. The molecule has 0 saturated heterocycles. The summed E-state index contributed by atoms with van der Waals surface area (Å²) in [6, 6.07) is 9.15. The highest BCUT2D eigenvalue weighted by Gasteiger charge is 2.24. The zero-order chi connectivity index (χ0) is 21.1. The highest BCUT2D eigenvalue weighted by molar-refractivity contribution is 6.03. The summed E-state index contributed by atoms with van der Waals surface area (Å²) in [7, 11) is 1.56. The topological polar surface area (TPSA) is 85.9 Å². The Kier molecular flexibility index (Phi) is 5.61. The van der Waals surface area contributed by atoms with Crippen LogP contribution in [-0.2, 0) is 4.79 Å². The third kappa shape index (κ3) is 4.56. The Morgan fingerprint density at radius 3 is 2.70 bits per heavy atom. The van der Waals surface area contributed by atoms with E-state index in [2.05, 4.69) is 10.6 Å². The van der Waals surface area contributed by atoms with E-state index in [9.17, 15) is 9.59 Å². The van der Waals surface area contributed by atoms with Crippen LogP contribution >= 0.6 is 0 Å². The molecule has 0 aromatic heterocycles. The van der Waals surface area contributed by atoms with Crippen molar-refractivity contribution in [3.63, 3.8) is 0 Å². The van der Waals surface area contributed by atoms with Gasteiger partial charge in [-0.3, -0.25) is 9.59 Å². The Labute approximate surface area is 175 Å². The average Bonchev–Trinajstić information content (AvgIpc) is 3.57. The fourth-order valence-corrected chi connectivity index (χ4v) is 3.13. The summed E-state index contributed by atoms with van der Waals surface area (Å²) in [4.78, 5) is 24.7. The number of ether oxygens (including phenoxy) is 3. The number of amides is 2. The first-order valence-corrected chi connectivity index (χ1v) is 9.91. The van der Waals surface area contributed by atoms with Gasteiger partial charge in [0.1, 0.15) is 13.2 Å². The highest BCUT2D eigenvalue weighted by atomic mass is 16.6. The maximum atomic E-state index is 12.5. The molecule has 0 bridgehead atoms. The van der Waals surface area contributed by atoms with Crippen molar-refractivity contribution in [3.05, 3.63) is 53.1 Å². The molecule has 30 heavy (non-hydrogen) atoms. The molecule has 156 valence electrons. The third-order valence-corrected chi connectivity index (χ3v) is 4.95. The molecule has 4 rings (SSSR count). The molecule has 2 aliphatic rings. The van der Waals surface area contributed by atoms with E-state index in [1.165, 1.54) is 6.08 Å². The number of methoxy groups -OCH3 is 1. The molecule has 1 aliphatic carbocycles. The Morgan fingerprint density at radius 1 is 1.13 bits per heavy atom. The fraction of sp³-hybridized carbons (Fsp3) is 0.304. The van der Waals surface area contributed by atoms with Crippen LogP contribution < -0.4 is 24.8 Å². The number of hydrogen-bond acceptors (Lipinski definition) is 5. The standard InChI is InChI=1S/C23H24N2O5/c1-14-3-5-16(23(27)24-17-6-7-17)13-18(14)25-21(26)8-4-15-11-19(28-2)22-20(12-15)29-9-10-30-22/h3-5,8,11-13,17H,6-7,9-10H2,1-2H3,(H,24,27)(H,25,26). The summed E-state index contributed by atoms with van der Waals surface area (Å²) in [6.07, 6.45) is 5.16. The Hall–Kier alpha value is -3.48. The Bertz CT molecular complexity index is 994. The number of hydrogen-bond donors (Lipinski definition) is 2. The quantitative estimate of drug-likeness (QED) is 0.716. The van der Waals surface area contributed by atoms with E-state index in [0.29, 0.717) is 41.7 Å². The molecule has 2 aromatic rings. The number of rotatable bonds is 6. The van der Waals surface area contributed by atoms with Gasteiger partial charge in [0.2, 0.25) is 11.7 Å². The van der Waals surface area contributed by atoms with Gasteiger partial charge in [-0.25, -0.2) is 0 Å². The second kappa shape index (κ2) is 8.49. The molecular weight excluding hydrogens is 384 g/mol. The lowest BCUT2D eigenvalue weighted by Crippen LogP contribution is -2.25. The van der Waals surface area contributed by atoms with Gasteiger partial charge in [-0.05, 0) is 61.2 Å². The third-order valence-electron chi connectivity index (χ3n) is 4.95. The molecule has 1 heterocycles. The molecule has 0 radical (unpaired) electrons. The van der Waals surface area contributed by atoms with Crippen molar-refractivity contribution in [2.24, 2.45) is 0 Å². The van der Waals surface area contributed by atoms with Gasteiger partial charge in [-0.15, -0.1) is 0 Å². The van der Waals surface area contributed by atoms with Crippen LogP contribution in [0.3, 0.4) is 0 Å². The number of carbonyl (C=O) groups is 2. The van der Waals surface area contributed by atoms with Crippen LogP contribution in [0.25, 0.3) is 6.08 Å². The molecule has 0 atom stereocenters. The second-order valence-electron chi connectivity index (χ2n) is 7.35. The number of benzene rings is 2. The first-order chi connectivity index (χ1) is 14.5. The van der Waals surface area contributed by atoms with Crippen molar-refractivity contribution in [2.45, 2.75) is 25.8 Å². The van der Waals surface area contributed by atoms with Crippen molar-refractivity contribution in [3.8, 4) is 17.2 Å². The summed E-state index contributed by atoms with van der Waals surface area (Å²) in [5, 5.41) is 5.80. The monoisotopic (exact) mass is 408 g/mol. The predicted octanol–water partition coefficient (Wildman–Crippen LogP) is 3.32. The zero-order valence-corrected chi connectivity index (χ0v) is 17.0. The van der Waals surface area contributed by atoms with Crippen molar-refractivity contribution >= 4 is 23.6 Å². The van der Waals surface area contributed by atoms with Gasteiger partial charge in [-0.2, -0.15) is 0 Å². The van der Waals surface area contributed by atoms with E-state index in [-0.39, 0.29) is 17.9 Å². The molecule has 0 unspecified atom stereocenters. The van der Waals surface area contributed by atoms with Crippen molar-refractivity contribution in [1.29, 1.82) is 0 Å². The lowest BCUT2D eigenvalue weighted by atomic mass is 10.1. The predicted molar refractivity (Wildman–Crippen MR) is 113 cm³/mol. The SMILES string of the molecule is COc1cc(C=CC(=O)Nc2cc(C(=O)NC3CC3)ccc2C)cc2c1OCCO2. The van der Waals surface area contributed by atoms with Crippen LogP contribution in [0.5, 0.6) is 17.2 Å². The molecule has 1 aliphatic heterocycles. The van der Waals surface area contributed by atoms with Gasteiger partial charge >= 0.3 is 0 Å². The van der Waals surface area contributed by atoms with Crippen LogP contribution in [0.4, 0.5) is 5.69 Å². The molecule has 2 amide bonds. The maximum Gasteiger partial charge on any atom is 0.251 e. The summed E-state index contributed by atoms with van der Waals surface area (Å²) in [6.45, 7) is 2.82. The van der Waals surface area contributed by atoms with Crippen LogP contribution in [0.1, 0.15) is 34.3 Å². The van der Waals surface area contributed by atoms with Gasteiger partial charge in [0.05, 0.1) is 7.11 Å². The molecule has 7 heteroatoms. The fourth-order valence-electron chi connectivity index (χ4n) is 3.13. The maximum absolute atomic E-state index is 12.5. The Balaban J connectivity index is 1.47. The number of carbonyl (C=O) groups excluding carboxylic acids is 2. The lowest BCUT2D eigenvalue weighted by Gasteiger charge is -2.20. The summed E-state index contributed by atoms with van der Waals surface area (Å²) >= 11 is 0. The summed E-state index contributed by atoms with van der Waals surface area (Å²) < 4.78 is 16.6. The smallest absolute Gasteiger partial charge is 0.251 e. The van der Waals surface area contributed by atoms with Gasteiger partial charge < -0.3 is 24.8 Å².